The van der Waals surface area contributed by atoms with Crippen molar-refractivity contribution < 1.29 is 0 Å². The van der Waals surface area contributed by atoms with Crippen LogP contribution in [0.2, 0.25) is 5.15 Å². The maximum Gasteiger partial charge on any atom is 0.129 e. The zero-order valence-corrected chi connectivity index (χ0v) is 9.44. The molecule has 1 unspecified atom stereocenters. The second kappa shape index (κ2) is 5.01. The number of hydrogen-bond donors (Lipinski definition) is 1. The zero-order valence-electron chi connectivity index (χ0n) is 7.87. The third-order valence-corrected chi connectivity index (χ3v) is 3.89. The second-order valence-corrected chi connectivity index (χ2v) is 5.09. The molecule has 1 fully saturated rings. The molecule has 14 heavy (non-hydrogen) atoms. The number of aromatic nitrogens is 1. The van der Waals surface area contributed by atoms with Gasteiger partial charge in [-0.1, -0.05) is 17.7 Å². The van der Waals surface area contributed by atoms with Crippen molar-refractivity contribution in [3.63, 3.8) is 0 Å². The van der Waals surface area contributed by atoms with Crippen LogP contribution in [0, 0.1) is 0 Å². The number of pyridine rings is 1. The van der Waals surface area contributed by atoms with Crippen molar-refractivity contribution in [3.8, 4) is 0 Å². The summed E-state index contributed by atoms with van der Waals surface area (Å²) in [7, 11) is 0. The number of hydrogen-bond acceptors (Lipinski definition) is 3. The van der Waals surface area contributed by atoms with E-state index in [1.54, 1.807) is 0 Å². The molecule has 1 saturated heterocycles. The zero-order chi connectivity index (χ0) is 9.80. The Labute approximate surface area is 93.4 Å². The number of nitrogens with one attached hydrogen (secondary N) is 1. The van der Waals surface area contributed by atoms with Crippen molar-refractivity contribution in [2.75, 3.05) is 13.1 Å². The van der Waals surface area contributed by atoms with Crippen molar-refractivity contribution in [1.29, 1.82) is 0 Å². The van der Waals surface area contributed by atoms with Gasteiger partial charge in [-0.2, -0.15) is 11.8 Å². The smallest absolute Gasteiger partial charge is 0.129 e. The molecule has 1 aromatic heterocycles. The fourth-order valence-electron chi connectivity index (χ4n) is 1.48. The highest BCUT2D eigenvalue weighted by atomic mass is 35.5. The van der Waals surface area contributed by atoms with Gasteiger partial charge in [0.2, 0.25) is 0 Å². The van der Waals surface area contributed by atoms with Crippen LogP contribution in [0.15, 0.2) is 18.3 Å². The highest BCUT2D eigenvalue weighted by Crippen LogP contribution is 2.22. The van der Waals surface area contributed by atoms with Crippen LogP contribution in [0.4, 0.5) is 0 Å². The fraction of sp³-hybridized carbons (Fsp3) is 0.500. The minimum atomic E-state index is 0.571. The minimum Gasteiger partial charge on any atom is -0.316 e. The number of thioether (sulfide) groups is 1. The monoisotopic (exact) mass is 228 g/mol. The summed E-state index contributed by atoms with van der Waals surface area (Å²) in [6.07, 6.45) is 3.14. The van der Waals surface area contributed by atoms with Crippen molar-refractivity contribution in [1.82, 2.24) is 10.3 Å². The van der Waals surface area contributed by atoms with Gasteiger partial charge in [0.15, 0.2) is 0 Å². The Balaban J connectivity index is 1.82. The molecule has 0 bridgehead atoms. The molecule has 0 aromatic carbocycles. The van der Waals surface area contributed by atoms with Gasteiger partial charge in [0.1, 0.15) is 5.15 Å². The summed E-state index contributed by atoms with van der Waals surface area (Å²) in [5.74, 6) is 1.04. The molecule has 1 aliphatic heterocycles. The Bertz CT molecular complexity index is 283. The van der Waals surface area contributed by atoms with Crippen molar-refractivity contribution in [2.45, 2.75) is 17.4 Å². The van der Waals surface area contributed by atoms with Crippen LogP contribution in [0.25, 0.3) is 0 Å². The molecule has 0 amide bonds. The SMILES string of the molecule is Clc1ccc(CSC2CCNC2)cn1. The number of halogens is 1. The van der Waals surface area contributed by atoms with Gasteiger partial charge >= 0.3 is 0 Å². The van der Waals surface area contributed by atoms with Crippen LogP contribution in [0.3, 0.4) is 0 Å². The lowest BCUT2D eigenvalue weighted by molar-refractivity contribution is 0.858. The highest BCUT2D eigenvalue weighted by molar-refractivity contribution is 7.99. The van der Waals surface area contributed by atoms with E-state index in [1.807, 2.05) is 30.1 Å². The Morgan fingerprint density at radius 1 is 1.57 bits per heavy atom. The molecule has 0 radical (unpaired) electrons. The summed E-state index contributed by atoms with van der Waals surface area (Å²) in [5.41, 5.74) is 1.26. The van der Waals surface area contributed by atoms with Crippen molar-refractivity contribution in [3.05, 3.63) is 29.0 Å². The normalized spacial score (nSPS) is 21.4. The topological polar surface area (TPSA) is 24.9 Å². The molecule has 2 nitrogen and oxygen atoms in total. The predicted molar refractivity (Wildman–Crippen MR) is 61.8 cm³/mol. The molecule has 76 valence electrons. The third-order valence-electron chi connectivity index (χ3n) is 2.29. The van der Waals surface area contributed by atoms with E-state index < -0.39 is 0 Å². The Hall–Kier alpha value is -0.250. The van der Waals surface area contributed by atoms with E-state index in [0.717, 1.165) is 24.1 Å². The molecule has 0 saturated carbocycles. The Morgan fingerprint density at radius 2 is 2.50 bits per heavy atom. The van der Waals surface area contributed by atoms with E-state index in [4.69, 9.17) is 11.6 Å². The van der Waals surface area contributed by atoms with Gasteiger partial charge in [0, 0.05) is 23.7 Å². The summed E-state index contributed by atoms with van der Waals surface area (Å²) < 4.78 is 0. The first-order chi connectivity index (χ1) is 6.84. The lowest BCUT2D eigenvalue weighted by Crippen LogP contribution is -2.10. The van der Waals surface area contributed by atoms with Crippen molar-refractivity contribution in [2.24, 2.45) is 0 Å². The first-order valence-corrected chi connectivity index (χ1v) is 6.20. The average Bonchev–Trinajstić information content (AvgIpc) is 2.70. The summed E-state index contributed by atoms with van der Waals surface area (Å²) in [5, 5.41) is 4.70. The second-order valence-electron chi connectivity index (χ2n) is 3.41. The van der Waals surface area contributed by atoms with E-state index in [1.165, 1.54) is 12.0 Å². The van der Waals surface area contributed by atoms with Gasteiger partial charge in [-0.25, -0.2) is 4.98 Å². The molecule has 2 rings (SSSR count). The number of nitrogens with zero attached hydrogens (tertiary/aromatic N) is 1. The van der Waals surface area contributed by atoms with Crippen LogP contribution < -0.4 is 5.32 Å². The van der Waals surface area contributed by atoms with Gasteiger partial charge in [0.05, 0.1) is 0 Å². The van der Waals surface area contributed by atoms with Crippen LogP contribution in [-0.4, -0.2) is 23.3 Å². The van der Waals surface area contributed by atoms with Gasteiger partial charge in [-0.3, -0.25) is 0 Å². The maximum absolute atomic E-state index is 5.71. The molecule has 1 N–H and O–H groups in total. The highest BCUT2D eigenvalue weighted by Gasteiger charge is 2.14. The first-order valence-electron chi connectivity index (χ1n) is 4.77. The third kappa shape index (κ3) is 2.87. The van der Waals surface area contributed by atoms with Gasteiger partial charge in [-0.15, -0.1) is 0 Å². The summed E-state index contributed by atoms with van der Waals surface area (Å²) >= 11 is 7.71. The minimum absolute atomic E-state index is 0.571. The standard InChI is InChI=1S/C10H13ClN2S/c11-10-2-1-8(5-13-10)7-14-9-3-4-12-6-9/h1-2,5,9,12H,3-4,6-7H2. The molecule has 1 atom stereocenters. The van der Waals surface area contributed by atoms with Crippen LogP contribution in [-0.2, 0) is 5.75 Å². The van der Waals surface area contributed by atoms with E-state index >= 15 is 0 Å². The quantitative estimate of drug-likeness (QED) is 0.804. The molecular weight excluding hydrogens is 216 g/mol. The largest absolute Gasteiger partial charge is 0.316 e. The molecule has 1 aliphatic rings. The molecule has 1 aromatic rings. The Morgan fingerprint density at radius 3 is 3.14 bits per heavy atom. The fourth-order valence-corrected chi connectivity index (χ4v) is 2.71. The summed E-state index contributed by atoms with van der Waals surface area (Å²) in [6, 6.07) is 3.90. The molecule has 0 aliphatic carbocycles. The average molecular weight is 229 g/mol. The number of rotatable bonds is 3. The molecular formula is C10H13ClN2S. The molecule has 4 heteroatoms. The summed E-state index contributed by atoms with van der Waals surface area (Å²) in [6.45, 7) is 2.31. The predicted octanol–water partition coefficient (Wildman–Crippen LogP) is 2.33. The van der Waals surface area contributed by atoms with Crippen LogP contribution in [0.1, 0.15) is 12.0 Å². The van der Waals surface area contributed by atoms with E-state index in [-0.39, 0.29) is 0 Å². The van der Waals surface area contributed by atoms with Gasteiger partial charge < -0.3 is 5.32 Å². The molecule has 2 heterocycles. The first kappa shape index (κ1) is 10.3. The lowest BCUT2D eigenvalue weighted by Gasteiger charge is -2.07. The van der Waals surface area contributed by atoms with E-state index in [9.17, 15) is 0 Å². The molecule has 0 spiro atoms. The Kier molecular flexibility index (Phi) is 3.67. The maximum atomic E-state index is 5.71. The van der Waals surface area contributed by atoms with E-state index in [0.29, 0.717) is 5.15 Å². The van der Waals surface area contributed by atoms with E-state index in [2.05, 4.69) is 10.3 Å². The van der Waals surface area contributed by atoms with Gasteiger partial charge in [-0.05, 0) is 24.6 Å². The van der Waals surface area contributed by atoms with Gasteiger partial charge in [0.25, 0.3) is 0 Å². The lowest BCUT2D eigenvalue weighted by atomic mass is 10.3. The summed E-state index contributed by atoms with van der Waals surface area (Å²) in [4.78, 5) is 4.06. The van der Waals surface area contributed by atoms with Crippen molar-refractivity contribution >= 4 is 23.4 Å². The van der Waals surface area contributed by atoms with Crippen LogP contribution in [0.5, 0.6) is 0 Å². The van der Waals surface area contributed by atoms with Crippen LogP contribution >= 0.6 is 23.4 Å².